The first-order valence-corrected chi connectivity index (χ1v) is 9.63. The molecule has 25 heavy (non-hydrogen) atoms. The fourth-order valence-corrected chi connectivity index (χ4v) is 3.10. The number of phenolic OH excluding ortho intramolecular Hbond substituents is 1. The highest BCUT2D eigenvalue weighted by molar-refractivity contribution is 5.86. The first-order chi connectivity index (χ1) is 11.9. The number of aliphatic carboxylic acids is 1. The molecule has 3 heteroatoms. The first kappa shape index (κ1) is 21.3. The number of rotatable bonds is 12. The second-order valence-corrected chi connectivity index (χ2v) is 7.22. The molecule has 140 valence electrons. The Morgan fingerprint density at radius 2 is 1.72 bits per heavy atom. The van der Waals surface area contributed by atoms with E-state index in [1.165, 1.54) is 19.3 Å². The lowest BCUT2D eigenvalue weighted by molar-refractivity contribution is -0.132. The third-order valence-electron chi connectivity index (χ3n) is 4.86. The topological polar surface area (TPSA) is 57.5 Å². The van der Waals surface area contributed by atoms with Gasteiger partial charge in [0.05, 0.1) is 0 Å². The molecule has 0 saturated heterocycles. The number of aromatic hydroxyl groups is 1. The van der Waals surface area contributed by atoms with E-state index in [9.17, 15) is 9.90 Å². The van der Waals surface area contributed by atoms with Gasteiger partial charge in [0.2, 0.25) is 0 Å². The number of carboxylic acid groups (broad SMARTS) is 1. The smallest absolute Gasteiger partial charge is 0.331 e. The fourth-order valence-electron chi connectivity index (χ4n) is 3.10. The molecule has 1 unspecified atom stereocenters. The van der Waals surface area contributed by atoms with Crippen molar-refractivity contribution in [3.8, 4) is 5.75 Å². The zero-order valence-electron chi connectivity index (χ0n) is 16.1. The second kappa shape index (κ2) is 11.0. The van der Waals surface area contributed by atoms with Crippen LogP contribution in [0.5, 0.6) is 5.75 Å². The molecule has 0 heterocycles. The van der Waals surface area contributed by atoms with Gasteiger partial charge in [0, 0.05) is 12.0 Å². The van der Waals surface area contributed by atoms with Crippen molar-refractivity contribution >= 4 is 5.97 Å². The summed E-state index contributed by atoms with van der Waals surface area (Å²) in [5.41, 5.74) is 3.17. The molecule has 0 amide bonds. The first-order valence-electron chi connectivity index (χ1n) is 9.63. The molecule has 0 fully saturated rings. The summed E-state index contributed by atoms with van der Waals surface area (Å²) in [4.78, 5) is 11.2. The summed E-state index contributed by atoms with van der Waals surface area (Å²) in [7, 11) is 0. The molecule has 2 N–H and O–H groups in total. The monoisotopic (exact) mass is 346 g/mol. The predicted octanol–water partition coefficient (Wildman–Crippen LogP) is 5.68. The Labute approximate surface area is 152 Å². The zero-order valence-corrected chi connectivity index (χ0v) is 16.1. The summed E-state index contributed by atoms with van der Waals surface area (Å²) in [5.74, 6) is 0.0252. The lowest BCUT2D eigenvalue weighted by Gasteiger charge is -2.16. The van der Waals surface area contributed by atoms with E-state index in [2.05, 4.69) is 27.4 Å². The van der Waals surface area contributed by atoms with Gasteiger partial charge >= 0.3 is 5.97 Å². The number of unbranched alkanes of at least 4 members (excludes halogenated alkanes) is 2. The lowest BCUT2D eigenvalue weighted by Crippen LogP contribution is -2.07. The molecule has 0 aliphatic carbocycles. The van der Waals surface area contributed by atoms with Crippen molar-refractivity contribution in [3.63, 3.8) is 0 Å². The van der Waals surface area contributed by atoms with Crippen molar-refractivity contribution in [3.05, 3.63) is 41.0 Å². The highest BCUT2D eigenvalue weighted by Crippen LogP contribution is 2.28. The van der Waals surface area contributed by atoms with Gasteiger partial charge in [-0.05, 0) is 54.4 Å². The van der Waals surface area contributed by atoms with Crippen LogP contribution in [0.3, 0.4) is 0 Å². The van der Waals surface area contributed by atoms with E-state index in [1.807, 2.05) is 12.1 Å². The number of aryl methyl sites for hydroxylation is 2. The molecule has 1 atom stereocenters. The summed E-state index contributed by atoms with van der Waals surface area (Å²) in [6.45, 7) is 10.3. The fraction of sp³-hybridized carbons (Fsp3) is 0.591. The van der Waals surface area contributed by atoms with Gasteiger partial charge in [-0.1, -0.05) is 59.1 Å². The number of hydrogen-bond donors (Lipinski definition) is 2. The molecule has 1 rings (SSSR count). The van der Waals surface area contributed by atoms with E-state index in [4.69, 9.17) is 5.11 Å². The summed E-state index contributed by atoms with van der Waals surface area (Å²) in [5, 5.41) is 19.5. The van der Waals surface area contributed by atoms with Gasteiger partial charge in [-0.3, -0.25) is 0 Å². The average molecular weight is 347 g/mol. The van der Waals surface area contributed by atoms with E-state index in [-0.39, 0.29) is 5.57 Å². The Morgan fingerprint density at radius 1 is 1.04 bits per heavy atom. The maximum Gasteiger partial charge on any atom is 0.331 e. The van der Waals surface area contributed by atoms with Gasteiger partial charge in [0.1, 0.15) is 5.75 Å². The molecule has 0 radical (unpaired) electrons. The van der Waals surface area contributed by atoms with E-state index in [0.717, 1.165) is 48.8 Å². The maximum atomic E-state index is 11.2. The molecule has 1 aromatic rings. The van der Waals surface area contributed by atoms with Crippen LogP contribution in [0.4, 0.5) is 0 Å². The number of phenols is 1. The van der Waals surface area contributed by atoms with Crippen molar-refractivity contribution in [2.45, 2.75) is 78.6 Å². The average Bonchev–Trinajstić information content (AvgIpc) is 2.58. The molecule has 1 aromatic carbocycles. The molecular weight excluding hydrogens is 312 g/mol. The predicted molar refractivity (Wildman–Crippen MR) is 104 cm³/mol. The van der Waals surface area contributed by atoms with Crippen molar-refractivity contribution in [2.24, 2.45) is 5.92 Å². The molecule has 0 bridgehead atoms. The van der Waals surface area contributed by atoms with Crippen LogP contribution in [0.1, 0.15) is 76.0 Å². The maximum absolute atomic E-state index is 11.2. The molecule has 0 spiro atoms. The van der Waals surface area contributed by atoms with Crippen molar-refractivity contribution in [2.75, 3.05) is 0 Å². The van der Waals surface area contributed by atoms with Gasteiger partial charge in [-0.15, -0.1) is 0 Å². The zero-order chi connectivity index (χ0) is 18.8. The van der Waals surface area contributed by atoms with Crippen LogP contribution in [0.25, 0.3) is 0 Å². The second-order valence-electron chi connectivity index (χ2n) is 7.22. The third-order valence-corrected chi connectivity index (χ3v) is 4.86. The quantitative estimate of drug-likeness (QED) is 0.479. The van der Waals surface area contributed by atoms with Crippen molar-refractivity contribution < 1.29 is 15.0 Å². The molecule has 0 aliphatic heterocycles. The number of carboxylic acids is 1. The Balaban J connectivity index is 2.96. The Bertz CT molecular complexity index is 575. The lowest BCUT2D eigenvalue weighted by atomic mass is 9.90. The number of carbonyl (C=O) groups is 1. The summed E-state index contributed by atoms with van der Waals surface area (Å²) in [6.07, 6.45) is 8.83. The van der Waals surface area contributed by atoms with Crippen LogP contribution in [0, 0.1) is 5.92 Å². The van der Waals surface area contributed by atoms with Gasteiger partial charge < -0.3 is 10.2 Å². The van der Waals surface area contributed by atoms with Crippen LogP contribution in [0.2, 0.25) is 0 Å². The highest BCUT2D eigenvalue weighted by atomic mass is 16.4. The van der Waals surface area contributed by atoms with Crippen LogP contribution >= 0.6 is 0 Å². The molecule has 3 nitrogen and oxygen atoms in total. The van der Waals surface area contributed by atoms with E-state index < -0.39 is 5.97 Å². The number of benzene rings is 1. The standard InChI is InChI=1S/C22H34O3/c1-5-7-9-16(3)11-12-18-15-21(23)19(10-8-6-2)14-20(18)13-17(4)22(24)25/h14-16,23H,4-13H2,1-3H3,(H,24,25). The normalized spacial score (nSPS) is 12.1. The van der Waals surface area contributed by atoms with E-state index >= 15 is 0 Å². The Hall–Kier alpha value is -1.77. The Morgan fingerprint density at radius 3 is 2.32 bits per heavy atom. The van der Waals surface area contributed by atoms with Gasteiger partial charge in [0.15, 0.2) is 0 Å². The SMILES string of the molecule is C=C(Cc1cc(CCCC)c(O)cc1CCC(C)CCCC)C(=O)O. The Kier molecular flexibility index (Phi) is 9.33. The van der Waals surface area contributed by atoms with Gasteiger partial charge in [-0.2, -0.15) is 0 Å². The minimum atomic E-state index is -0.953. The minimum Gasteiger partial charge on any atom is -0.508 e. The molecular formula is C22H34O3. The summed E-state index contributed by atoms with van der Waals surface area (Å²) < 4.78 is 0. The van der Waals surface area contributed by atoms with Crippen LogP contribution < -0.4 is 0 Å². The minimum absolute atomic E-state index is 0.201. The van der Waals surface area contributed by atoms with E-state index in [1.54, 1.807) is 0 Å². The van der Waals surface area contributed by atoms with Gasteiger partial charge in [-0.25, -0.2) is 4.79 Å². The summed E-state index contributed by atoms with van der Waals surface area (Å²) >= 11 is 0. The number of hydrogen-bond acceptors (Lipinski definition) is 2. The summed E-state index contributed by atoms with van der Waals surface area (Å²) in [6, 6.07) is 3.84. The van der Waals surface area contributed by atoms with Crippen molar-refractivity contribution in [1.82, 2.24) is 0 Å². The highest BCUT2D eigenvalue weighted by Gasteiger charge is 2.14. The molecule has 0 saturated carbocycles. The largest absolute Gasteiger partial charge is 0.508 e. The van der Waals surface area contributed by atoms with Crippen LogP contribution in [0.15, 0.2) is 24.3 Å². The van der Waals surface area contributed by atoms with Crippen LogP contribution in [-0.2, 0) is 24.1 Å². The van der Waals surface area contributed by atoms with Crippen LogP contribution in [-0.4, -0.2) is 16.2 Å². The molecule has 0 aliphatic rings. The van der Waals surface area contributed by atoms with Gasteiger partial charge in [0.25, 0.3) is 0 Å². The third kappa shape index (κ3) is 7.33. The van der Waals surface area contributed by atoms with Crippen molar-refractivity contribution in [1.29, 1.82) is 0 Å². The van der Waals surface area contributed by atoms with E-state index in [0.29, 0.717) is 18.1 Å². The molecule has 0 aromatic heterocycles.